The molecule has 6 nitrogen and oxygen atoms in total. The molecule has 1 heterocycles. The summed E-state index contributed by atoms with van der Waals surface area (Å²) in [5, 5.41) is 12.2. The van der Waals surface area contributed by atoms with Crippen LogP contribution in [0.25, 0.3) is 10.9 Å². The number of hydrogen-bond acceptors (Lipinski definition) is 5. The summed E-state index contributed by atoms with van der Waals surface area (Å²) in [6, 6.07) is 10.4. The molecule has 0 fully saturated rings. The zero-order valence-electron chi connectivity index (χ0n) is 11.9. The quantitative estimate of drug-likeness (QED) is 0.910. The fourth-order valence-corrected chi connectivity index (χ4v) is 3.12. The Morgan fingerprint density at radius 1 is 1.33 bits per heavy atom. The first kappa shape index (κ1) is 15.2. The molecule has 2 rings (SSSR count). The number of nitrogens with one attached hydrogen (secondary N) is 1. The Balaban J connectivity index is 2.41. The summed E-state index contributed by atoms with van der Waals surface area (Å²) in [6.07, 6.45) is 0.163. The van der Waals surface area contributed by atoms with E-state index in [-0.39, 0.29) is 17.9 Å². The Morgan fingerprint density at radius 2 is 2.10 bits per heavy atom. The van der Waals surface area contributed by atoms with Crippen LogP contribution in [0.15, 0.2) is 35.2 Å². The van der Waals surface area contributed by atoms with Gasteiger partial charge in [-0.15, -0.1) is 0 Å². The predicted molar refractivity (Wildman–Crippen MR) is 81.3 cm³/mol. The second-order valence-corrected chi connectivity index (χ2v) is 6.58. The summed E-state index contributed by atoms with van der Waals surface area (Å²) >= 11 is 0. The molecule has 110 valence electrons. The van der Waals surface area contributed by atoms with Crippen molar-refractivity contribution in [1.29, 1.82) is 5.26 Å². The number of benzene rings is 1. The lowest BCUT2D eigenvalue weighted by Gasteiger charge is -2.16. The minimum atomic E-state index is -3.58. The lowest BCUT2D eigenvalue weighted by molar-refractivity contribution is 0.476. The topological polar surface area (TPSA) is 86.1 Å². The van der Waals surface area contributed by atoms with Crippen molar-refractivity contribution in [1.82, 2.24) is 9.29 Å². The molecule has 1 N–H and O–H groups in total. The number of hydrogen-bond donors (Lipinski definition) is 1. The van der Waals surface area contributed by atoms with Gasteiger partial charge in [-0.3, -0.25) is 0 Å². The molecule has 2 aromatic rings. The molecule has 0 saturated carbocycles. The number of anilines is 1. The maximum Gasteiger partial charge on any atom is 0.242 e. The first-order valence-corrected chi connectivity index (χ1v) is 7.85. The number of nitrogens with zero attached hydrogens (tertiary/aromatic N) is 3. The highest BCUT2D eigenvalue weighted by atomic mass is 32.2. The number of pyridine rings is 1. The maximum absolute atomic E-state index is 12.4. The van der Waals surface area contributed by atoms with E-state index in [4.69, 9.17) is 5.26 Å². The molecule has 0 radical (unpaired) electrons. The fraction of sp³-hybridized carbons (Fsp3) is 0.286. The number of aromatic nitrogens is 1. The molecule has 7 heteroatoms. The van der Waals surface area contributed by atoms with Crippen LogP contribution in [0.1, 0.15) is 6.42 Å². The number of sulfonamides is 1. The van der Waals surface area contributed by atoms with Crippen LogP contribution < -0.4 is 5.32 Å². The highest BCUT2D eigenvalue weighted by Crippen LogP contribution is 2.21. The number of rotatable bonds is 5. The van der Waals surface area contributed by atoms with Gasteiger partial charge in [0.1, 0.15) is 5.82 Å². The average molecular weight is 304 g/mol. The van der Waals surface area contributed by atoms with Crippen molar-refractivity contribution in [2.75, 3.05) is 26.0 Å². The molecule has 1 aromatic heterocycles. The first-order chi connectivity index (χ1) is 9.98. The zero-order chi connectivity index (χ0) is 15.5. The van der Waals surface area contributed by atoms with Gasteiger partial charge >= 0.3 is 0 Å². The van der Waals surface area contributed by atoms with E-state index >= 15 is 0 Å². The third-order valence-electron chi connectivity index (χ3n) is 3.16. The standard InChI is InChI=1S/C14H16N4O2S/c1-16-14-7-4-11-10-12(5-6-13(11)17-14)21(19,20)18(2)9-3-8-15/h4-7,10H,3,9H2,1-2H3,(H,16,17). The van der Waals surface area contributed by atoms with Gasteiger partial charge < -0.3 is 5.32 Å². The normalized spacial score (nSPS) is 11.5. The highest BCUT2D eigenvalue weighted by Gasteiger charge is 2.20. The van der Waals surface area contributed by atoms with Crippen LogP contribution in [0.3, 0.4) is 0 Å². The Bertz CT molecular complexity index is 796. The van der Waals surface area contributed by atoms with Crippen molar-refractivity contribution in [3.8, 4) is 6.07 Å². The number of nitriles is 1. The second-order valence-electron chi connectivity index (χ2n) is 4.54. The first-order valence-electron chi connectivity index (χ1n) is 6.41. The van der Waals surface area contributed by atoms with E-state index in [2.05, 4.69) is 10.3 Å². The van der Waals surface area contributed by atoms with Crippen molar-refractivity contribution < 1.29 is 8.42 Å². The van der Waals surface area contributed by atoms with E-state index in [0.717, 1.165) is 16.7 Å². The monoisotopic (exact) mass is 304 g/mol. The molecule has 1 aromatic carbocycles. The maximum atomic E-state index is 12.4. The van der Waals surface area contributed by atoms with Gasteiger partial charge in [0.05, 0.1) is 16.5 Å². The Morgan fingerprint density at radius 3 is 2.76 bits per heavy atom. The van der Waals surface area contributed by atoms with Crippen LogP contribution in [-0.2, 0) is 10.0 Å². The van der Waals surface area contributed by atoms with E-state index in [9.17, 15) is 8.42 Å². The molecule has 0 aliphatic carbocycles. The molecule has 0 spiro atoms. The van der Waals surface area contributed by atoms with Crippen LogP contribution in [0.4, 0.5) is 5.82 Å². The van der Waals surface area contributed by atoms with E-state index in [0.29, 0.717) is 0 Å². The molecule has 0 bridgehead atoms. The fourth-order valence-electron chi connectivity index (χ4n) is 1.91. The van der Waals surface area contributed by atoms with Gasteiger partial charge in [0.15, 0.2) is 0 Å². The summed E-state index contributed by atoms with van der Waals surface area (Å²) in [6.45, 7) is 0.174. The third kappa shape index (κ3) is 3.12. The molecule has 0 aliphatic rings. The van der Waals surface area contributed by atoms with Crippen molar-refractivity contribution >= 4 is 26.7 Å². The van der Waals surface area contributed by atoms with Gasteiger partial charge in [-0.2, -0.15) is 9.57 Å². The van der Waals surface area contributed by atoms with E-state index in [1.54, 1.807) is 25.2 Å². The average Bonchev–Trinajstić information content (AvgIpc) is 2.51. The van der Waals surface area contributed by atoms with Crippen LogP contribution in [0.5, 0.6) is 0 Å². The molecule has 21 heavy (non-hydrogen) atoms. The van der Waals surface area contributed by atoms with Crippen LogP contribution in [0.2, 0.25) is 0 Å². The van der Waals surface area contributed by atoms with Crippen molar-refractivity contribution in [3.05, 3.63) is 30.3 Å². The lowest BCUT2D eigenvalue weighted by atomic mass is 10.2. The second kappa shape index (κ2) is 6.08. The summed E-state index contributed by atoms with van der Waals surface area (Å²) < 4.78 is 26.0. The van der Waals surface area contributed by atoms with Crippen LogP contribution in [0, 0.1) is 11.3 Å². The van der Waals surface area contributed by atoms with Gasteiger partial charge in [0, 0.05) is 32.4 Å². The van der Waals surface area contributed by atoms with Gasteiger partial charge in [-0.05, 0) is 30.3 Å². The van der Waals surface area contributed by atoms with Gasteiger partial charge in [-0.25, -0.2) is 13.4 Å². The molecule has 0 saturated heterocycles. The SMILES string of the molecule is CNc1ccc2cc(S(=O)(=O)N(C)CCC#N)ccc2n1. The lowest BCUT2D eigenvalue weighted by Crippen LogP contribution is -2.27. The Labute approximate surface area is 124 Å². The highest BCUT2D eigenvalue weighted by molar-refractivity contribution is 7.89. The van der Waals surface area contributed by atoms with Crippen molar-refractivity contribution in [2.45, 2.75) is 11.3 Å². The van der Waals surface area contributed by atoms with Gasteiger partial charge in [-0.1, -0.05) is 0 Å². The largest absolute Gasteiger partial charge is 0.373 e. The predicted octanol–water partition coefficient (Wildman–Crippen LogP) is 1.81. The molecule has 0 aliphatic heterocycles. The van der Waals surface area contributed by atoms with Crippen LogP contribution in [-0.4, -0.2) is 38.3 Å². The molecule has 0 amide bonds. The van der Waals surface area contributed by atoms with Crippen molar-refractivity contribution in [3.63, 3.8) is 0 Å². The molecule has 0 unspecified atom stereocenters. The summed E-state index contributed by atoms with van der Waals surface area (Å²) in [7, 11) is -0.333. The Kier molecular flexibility index (Phi) is 4.40. The summed E-state index contributed by atoms with van der Waals surface area (Å²) in [5.41, 5.74) is 0.723. The third-order valence-corrected chi connectivity index (χ3v) is 5.02. The van der Waals surface area contributed by atoms with Gasteiger partial charge in [0.25, 0.3) is 0 Å². The minimum Gasteiger partial charge on any atom is -0.373 e. The molecule has 0 atom stereocenters. The van der Waals surface area contributed by atoms with Crippen molar-refractivity contribution in [2.24, 2.45) is 0 Å². The minimum absolute atomic E-state index is 0.163. The molecular weight excluding hydrogens is 288 g/mol. The Hall–Kier alpha value is -2.17. The van der Waals surface area contributed by atoms with E-state index in [1.165, 1.54) is 17.4 Å². The van der Waals surface area contributed by atoms with Crippen LogP contribution >= 0.6 is 0 Å². The smallest absolute Gasteiger partial charge is 0.242 e. The zero-order valence-corrected chi connectivity index (χ0v) is 12.7. The number of fused-ring (bicyclic) bond motifs is 1. The summed E-state index contributed by atoms with van der Waals surface area (Å²) in [4.78, 5) is 4.55. The van der Waals surface area contributed by atoms with E-state index in [1.807, 2.05) is 12.1 Å². The van der Waals surface area contributed by atoms with E-state index < -0.39 is 10.0 Å². The van der Waals surface area contributed by atoms with Gasteiger partial charge in [0.2, 0.25) is 10.0 Å². The molecular formula is C14H16N4O2S. The summed E-state index contributed by atoms with van der Waals surface area (Å²) in [5.74, 6) is 0.726.